The molecule has 2 heterocycles. The molecule has 29 heavy (non-hydrogen) atoms. The first-order valence-electron chi connectivity index (χ1n) is 10.8. The lowest BCUT2D eigenvalue weighted by Gasteiger charge is -2.36. The van der Waals surface area contributed by atoms with E-state index >= 15 is 0 Å². The molecule has 0 unspecified atom stereocenters. The van der Waals surface area contributed by atoms with Crippen LogP contribution >= 0.6 is 0 Å². The van der Waals surface area contributed by atoms with Gasteiger partial charge < -0.3 is 20.1 Å². The topological polar surface area (TPSA) is 45.8 Å². The van der Waals surface area contributed by atoms with E-state index in [0.29, 0.717) is 6.61 Å². The van der Waals surface area contributed by atoms with Gasteiger partial charge in [-0.2, -0.15) is 0 Å². The highest BCUT2D eigenvalue weighted by Crippen LogP contribution is 2.46. The summed E-state index contributed by atoms with van der Waals surface area (Å²) >= 11 is 0. The third-order valence-electron chi connectivity index (χ3n) is 6.05. The van der Waals surface area contributed by atoms with E-state index in [1.165, 1.54) is 16.7 Å². The summed E-state index contributed by atoms with van der Waals surface area (Å²) in [6.07, 6.45) is 0. The van der Waals surface area contributed by atoms with Crippen molar-refractivity contribution in [3.8, 4) is 5.75 Å². The van der Waals surface area contributed by atoms with Crippen molar-refractivity contribution in [2.45, 2.75) is 32.8 Å². The summed E-state index contributed by atoms with van der Waals surface area (Å²) < 4.78 is 11.7. The molecule has 2 aliphatic heterocycles. The fourth-order valence-electron chi connectivity index (χ4n) is 4.33. The predicted octanol–water partition coefficient (Wildman–Crippen LogP) is 3.89. The number of rotatable bonds is 7. The lowest BCUT2D eigenvalue weighted by molar-refractivity contribution is 0.134. The maximum Gasteiger partial charge on any atom is 0.121 e. The van der Waals surface area contributed by atoms with Gasteiger partial charge in [-0.1, -0.05) is 32.0 Å². The number of piperazine rings is 1. The summed E-state index contributed by atoms with van der Waals surface area (Å²) in [6.45, 7) is 14.0. The van der Waals surface area contributed by atoms with Gasteiger partial charge in [-0.25, -0.2) is 0 Å². The molecular weight excluding hydrogens is 362 g/mol. The van der Waals surface area contributed by atoms with Gasteiger partial charge in [0.05, 0.1) is 6.61 Å². The van der Waals surface area contributed by atoms with Crippen LogP contribution in [-0.2, 0) is 16.8 Å². The van der Waals surface area contributed by atoms with E-state index in [1.54, 1.807) is 0 Å². The van der Waals surface area contributed by atoms with Crippen molar-refractivity contribution in [2.24, 2.45) is 0 Å². The first kappa shape index (κ1) is 20.2. The molecule has 1 fully saturated rings. The third-order valence-corrected chi connectivity index (χ3v) is 6.05. The summed E-state index contributed by atoms with van der Waals surface area (Å²) in [5.74, 6) is 0.927. The van der Waals surface area contributed by atoms with Crippen LogP contribution in [0.2, 0.25) is 0 Å². The first-order chi connectivity index (χ1) is 14.1. The van der Waals surface area contributed by atoms with Gasteiger partial charge in [0, 0.05) is 62.2 Å². The maximum absolute atomic E-state index is 6.09. The van der Waals surface area contributed by atoms with Crippen LogP contribution < -0.4 is 15.4 Å². The van der Waals surface area contributed by atoms with E-state index in [9.17, 15) is 0 Å². The smallest absolute Gasteiger partial charge is 0.121 e. The van der Waals surface area contributed by atoms with E-state index in [2.05, 4.69) is 65.8 Å². The van der Waals surface area contributed by atoms with E-state index in [4.69, 9.17) is 9.47 Å². The minimum absolute atomic E-state index is 0.0562. The second-order valence-electron chi connectivity index (χ2n) is 8.41. The number of hydrogen-bond acceptors (Lipinski definition) is 5. The first-order valence-corrected chi connectivity index (χ1v) is 10.8. The van der Waals surface area contributed by atoms with Crippen molar-refractivity contribution in [1.29, 1.82) is 0 Å². The third kappa shape index (κ3) is 4.42. The number of fused-ring (bicyclic) bond motifs is 2. The van der Waals surface area contributed by atoms with Crippen molar-refractivity contribution in [3.05, 3.63) is 53.1 Å². The van der Waals surface area contributed by atoms with Crippen molar-refractivity contribution < 1.29 is 9.47 Å². The zero-order chi connectivity index (χ0) is 20.3. The van der Waals surface area contributed by atoms with Crippen LogP contribution in [0, 0.1) is 0 Å². The van der Waals surface area contributed by atoms with Crippen molar-refractivity contribution in [3.63, 3.8) is 0 Å². The lowest BCUT2D eigenvalue weighted by atomic mass is 9.74. The van der Waals surface area contributed by atoms with Crippen molar-refractivity contribution in [1.82, 2.24) is 10.2 Å². The Kier molecular flexibility index (Phi) is 6.09. The van der Waals surface area contributed by atoms with Crippen LogP contribution in [-0.4, -0.2) is 50.8 Å². The van der Waals surface area contributed by atoms with Gasteiger partial charge in [0.2, 0.25) is 0 Å². The highest BCUT2D eigenvalue weighted by atomic mass is 16.5. The molecule has 0 atom stereocenters. The highest BCUT2D eigenvalue weighted by molar-refractivity contribution is 5.76. The van der Waals surface area contributed by atoms with E-state index in [1.807, 2.05) is 6.92 Å². The molecule has 0 saturated carbocycles. The lowest BCUT2D eigenvalue weighted by Crippen LogP contribution is -2.44. The molecule has 0 amide bonds. The van der Waals surface area contributed by atoms with Crippen LogP contribution in [0.4, 0.5) is 11.4 Å². The quantitative estimate of drug-likeness (QED) is 0.745. The molecule has 0 radical (unpaired) electrons. The van der Waals surface area contributed by atoms with Gasteiger partial charge in [0.15, 0.2) is 0 Å². The summed E-state index contributed by atoms with van der Waals surface area (Å²) in [5, 5.41) is 7.03. The Bertz CT molecular complexity index is 844. The van der Waals surface area contributed by atoms with Crippen LogP contribution in [0.1, 0.15) is 37.5 Å². The Morgan fingerprint density at radius 2 is 1.72 bits per heavy atom. The summed E-state index contributed by atoms with van der Waals surface area (Å²) in [5.41, 5.74) is 6.06. The molecule has 0 aliphatic carbocycles. The van der Waals surface area contributed by atoms with Gasteiger partial charge in [0.25, 0.3) is 0 Å². The second kappa shape index (κ2) is 8.74. The molecule has 5 nitrogen and oxygen atoms in total. The van der Waals surface area contributed by atoms with Gasteiger partial charge in [-0.15, -0.1) is 0 Å². The Morgan fingerprint density at radius 3 is 2.48 bits per heavy atom. The fraction of sp³-hybridized carbons (Fsp3) is 0.500. The molecule has 0 aromatic heterocycles. The fourth-order valence-corrected chi connectivity index (χ4v) is 4.33. The SMILES string of the molecule is CCOCc1ccc2c(c1)Nc1cc(OCCN3CCNCC3)ccc1C2(C)C. The van der Waals surface area contributed by atoms with E-state index in [-0.39, 0.29) is 5.41 Å². The minimum atomic E-state index is -0.0562. The van der Waals surface area contributed by atoms with E-state index in [0.717, 1.165) is 63.1 Å². The number of nitrogens with zero attached hydrogens (tertiary/aromatic N) is 1. The van der Waals surface area contributed by atoms with Crippen LogP contribution in [0.3, 0.4) is 0 Å². The number of nitrogens with one attached hydrogen (secondary N) is 2. The summed E-state index contributed by atoms with van der Waals surface area (Å²) in [4.78, 5) is 2.45. The summed E-state index contributed by atoms with van der Waals surface area (Å²) in [7, 11) is 0. The molecule has 2 aromatic carbocycles. The zero-order valence-electron chi connectivity index (χ0n) is 17.9. The monoisotopic (exact) mass is 395 g/mol. The Morgan fingerprint density at radius 1 is 1.00 bits per heavy atom. The second-order valence-corrected chi connectivity index (χ2v) is 8.41. The molecule has 2 aliphatic rings. The molecule has 4 rings (SSSR count). The van der Waals surface area contributed by atoms with Gasteiger partial charge in [-0.3, -0.25) is 4.90 Å². The Hall–Kier alpha value is -2.08. The number of hydrogen-bond donors (Lipinski definition) is 2. The number of ether oxygens (including phenoxy) is 2. The zero-order valence-corrected chi connectivity index (χ0v) is 17.9. The molecule has 0 spiro atoms. The largest absolute Gasteiger partial charge is 0.492 e. The average Bonchev–Trinajstić information content (AvgIpc) is 2.72. The molecule has 1 saturated heterocycles. The standard InChI is InChI=1S/C24H33N3O2/c1-4-28-17-18-5-7-20-22(15-18)26-23-16-19(6-8-21(23)24(20,2)3)29-14-13-27-11-9-25-10-12-27/h5-8,15-16,25-26H,4,9-14,17H2,1-3H3. The van der Waals surface area contributed by atoms with Crippen molar-refractivity contribution >= 4 is 11.4 Å². The molecule has 156 valence electrons. The number of anilines is 2. The predicted molar refractivity (Wildman–Crippen MR) is 118 cm³/mol. The number of benzene rings is 2. The van der Waals surface area contributed by atoms with Gasteiger partial charge in [0.1, 0.15) is 12.4 Å². The average molecular weight is 396 g/mol. The van der Waals surface area contributed by atoms with Gasteiger partial charge >= 0.3 is 0 Å². The van der Waals surface area contributed by atoms with Crippen LogP contribution in [0.25, 0.3) is 0 Å². The molecule has 0 bridgehead atoms. The van der Waals surface area contributed by atoms with E-state index < -0.39 is 0 Å². The normalized spacial score (nSPS) is 17.9. The molecule has 5 heteroatoms. The Balaban J connectivity index is 1.48. The molecule has 2 N–H and O–H groups in total. The van der Waals surface area contributed by atoms with Crippen LogP contribution in [0.15, 0.2) is 36.4 Å². The minimum Gasteiger partial charge on any atom is -0.492 e. The summed E-state index contributed by atoms with van der Waals surface area (Å²) in [6, 6.07) is 13.1. The van der Waals surface area contributed by atoms with Crippen LogP contribution in [0.5, 0.6) is 5.75 Å². The Labute approximate surface area is 174 Å². The highest BCUT2D eigenvalue weighted by Gasteiger charge is 2.32. The maximum atomic E-state index is 6.09. The van der Waals surface area contributed by atoms with Gasteiger partial charge in [-0.05, 0) is 35.7 Å². The molecule has 2 aromatic rings. The molecular formula is C24H33N3O2. The van der Waals surface area contributed by atoms with Crippen molar-refractivity contribution in [2.75, 3.05) is 51.3 Å².